The van der Waals surface area contributed by atoms with Gasteiger partial charge in [-0.25, -0.2) is 0 Å². The van der Waals surface area contributed by atoms with E-state index < -0.39 is 0 Å². The molecule has 0 spiro atoms. The van der Waals surface area contributed by atoms with Gasteiger partial charge in [-0.15, -0.1) is 0 Å². The first-order chi connectivity index (χ1) is 2.41. The minimum absolute atomic E-state index is 0. The molecular weight excluding hydrogens is 172 g/mol. The molecule has 0 fully saturated rings. The molecule has 0 aromatic heterocycles. The van der Waals surface area contributed by atoms with Crippen LogP contribution < -0.4 is 0 Å². The predicted octanol–water partition coefficient (Wildman–Crippen LogP) is 2.11. The summed E-state index contributed by atoms with van der Waals surface area (Å²) >= 11 is 0. The maximum Gasteiger partial charge on any atom is 2.00 e. The first kappa shape index (κ1) is 15.6. The second kappa shape index (κ2) is 16.0. The summed E-state index contributed by atoms with van der Waals surface area (Å²) in [6, 6.07) is 0. The fraction of sp³-hybridized carbons (Fsp3) is 1.00. The molecule has 0 rings (SSSR count). The third-order valence-corrected chi connectivity index (χ3v) is 0.447. The first-order valence-corrected chi connectivity index (χ1v) is 2.05. The molecule has 0 aromatic rings. The number of nitrogens with two attached hydrogens (primary N) is 1. The van der Waals surface area contributed by atoms with E-state index in [4.69, 9.17) is 0 Å². The van der Waals surface area contributed by atoms with Crippen molar-refractivity contribution >= 4 is 0 Å². The number of rotatable bonds is 2. The van der Waals surface area contributed by atoms with E-state index in [1.165, 1.54) is 0 Å². The topological polar surface area (TPSA) is 47.6 Å². The van der Waals surface area contributed by atoms with Gasteiger partial charge in [0, 0.05) is 0 Å². The second-order valence-corrected chi connectivity index (χ2v) is 0.856. The maximum absolute atomic E-state index is 3.97. The van der Waals surface area contributed by atoms with Crippen molar-refractivity contribution < 1.29 is 21.1 Å². The van der Waals surface area contributed by atoms with Crippen LogP contribution in [0.2, 0.25) is 0 Å². The molecule has 2 nitrogen and oxygen atoms in total. The summed E-state index contributed by atoms with van der Waals surface area (Å²) in [5, 5.41) is 3.97. The third kappa shape index (κ3) is 20.6. The van der Waals surface area contributed by atoms with Crippen molar-refractivity contribution in [3.05, 3.63) is 11.5 Å². The standard InChI is InChI=1S/C4H10N.Mo.H2N/c1-3-5-4-2;;/h3-4H2,1-2H3;;1H2/q-1;+2;-1. The van der Waals surface area contributed by atoms with Gasteiger partial charge in [-0.3, -0.25) is 0 Å². The Hall–Kier alpha value is 0.608. The summed E-state index contributed by atoms with van der Waals surface area (Å²) in [4.78, 5) is 0. The minimum Gasteiger partial charge on any atom is -0.693 e. The third-order valence-electron chi connectivity index (χ3n) is 0.447. The van der Waals surface area contributed by atoms with Gasteiger partial charge in [-0.1, -0.05) is 13.8 Å². The Kier molecular flexibility index (Phi) is 35.7. The molecule has 0 amide bonds. The van der Waals surface area contributed by atoms with E-state index in [0.717, 1.165) is 13.1 Å². The molecule has 2 N–H and O–H groups in total. The number of hydrogen-bond donors (Lipinski definition) is 0. The summed E-state index contributed by atoms with van der Waals surface area (Å²) in [6.07, 6.45) is 0. The van der Waals surface area contributed by atoms with E-state index in [0.29, 0.717) is 0 Å². The molecule has 0 atom stereocenters. The summed E-state index contributed by atoms with van der Waals surface area (Å²) < 4.78 is 0. The van der Waals surface area contributed by atoms with Crippen molar-refractivity contribution in [3.63, 3.8) is 0 Å². The molecule has 0 aromatic carbocycles. The normalized spacial score (nSPS) is 6.00. The van der Waals surface area contributed by atoms with Crippen LogP contribution in [0.3, 0.4) is 0 Å². The Bertz CT molecular complexity index is 17.2. The van der Waals surface area contributed by atoms with Crippen molar-refractivity contribution in [2.45, 2.75) is 13.8 Å². The van der Waals surface area contributed by atoms with Gasteiger partial charge in [0.25, 0.3) is 0 Å². The zero-order valence-electron chi connectivity index (χ0n) is 4.85. The first-order valence-electron chi connectivity index (χ1n) is 2.05. The molecule has 0 radical (unpaired) electrons. The van der Waals surface area contributed by atoms with Gasteiger partial charge in [0.1, 0.15) is 0 Å². The van der Waals surface area contributed by atoms with Gasteiger partial charge in [-0.2, -0.15) is 13.1 Å². The average molecular weight is 184 g/mol. The summed E-state index contributed by atoms with van der Waals surface area (Å²) in [6.45, 7) is 6.03. The molecule has 0 unspecified atom stereocenters. The van der Waals surface area contributed by atoms with Gasteiger partial charge in [0.05, 0.1) is 0 Å². The zero-order valence-corrected chi connectivity index (χ0v) is 6.85. The zero-order chi connectivity index (χ0) is 4.12. The molecule has 3 heteroatoms. The Morgan fingerprint density at radius 1 is 1.14 bits per heavy atom. The maximum atomic E-state index is 3.97. The van der Waals surface area contributed by atoms with Gasteiger partial charge in [0.2, 0.25) is 0 Å². The van der Waals surface area contributed by atoms with Crippen molar-refractivity contribution in [1.82, 2.24) is 0 Å². The van der Waals surface area contributed by atoms with E-state index in [1.54, 1.807) is 0 Å². The van der Waals surface area contributed by atoms with Crippen LogP contribution in [0, 0.1) is 0 Å². The number of nitrogens with zero attached hydrogens (tertiary/aromatic N) is 1. The molecule has 7 heavy (non-hydrogen) atoms. The fourth-order valence-corrected chi connectivity index (χ4v) is 0.224. The van der Waals surface area contributed by atoms with E-state index >= 15 is 0 Å². The summed E-state index contributed by atoms with van der Waals surface area (Å²) in [5.41, 5.74) is 0. The largest absolute Gasteiger partial charge is 2.00 e. The predicted molar refractivity (Wildman–Crippen MR) is 29.7 cm³/mol. The molecule has 0 bridgehead atoms. The minimum atomic E-state index is 0. The van der Waals surface area contributed by atoms with Crippen LogP contribution in [0.4, 0.5) is 0 Å². The molecule has 44 valence electrons. The van der Waals surface area contributed by atoms with Gasteiger partial charge < -0.3 is 11.5 Å². The van der Waals surface area contributed by atoms with Crippen LogP contribution in [0.5, 0.6) is 0 Å². The van der Waals surface area contributed by atoms with Crippen LogP contribution in [-0.2, 0) is 21.1 Å². The van der Waals surface area contributed by atoms with Crippen molar-refractivity contribution in [2.75, 3.05) is 13.1 Å². The Morgan fingerprint density at radius 3 is 1.43 bits per heavy atom. The van der Waals surface area contributed by atoms with Gasteiger partial charge >= 0.3 is 21.1 Å². The van der Waals surface area contributed by atoms with E-state index in [9.17, 15) is 0 Å². The monoisotopic (exact) mass is 186 g/mol. The summed E-state index contributed by atoms with van der Waals surface area (Å²) in [7, 11) is 0. The van der Waals surface area contributed by atoms with E-state index in [2.05, 4.69) is 5.32 Å². The molecule has 0 saturated heterocycles. The van der Waals surface area contributed by atoms with Crippen molar-refractivity contribution in [3.8, 4) is 0 Å². The quantitative estimate of drug-likeness (QED) is 0.590. The molecule has 0 aliphatic rings. The SMILES string of the molecule is CC[N-]CC.[Mo+2].[NH2-]. The summed E-state index contributed by atoms with van der Waals surface area (Å²) in [5.74, 6) is 0. The van der Waals surface area contributed by atoms with Crippen molar-refractivity contribution in [1.29, 1.82) is 0 Å². The van der Waals surface area contributed by atoms with Gasteiger partial charge in [0.15, 0.2) is 0 Å². The fourth-order valence-electron chi connectivity index (χ4n) is 0.224. The van der Waals surface area contributed by atoms with Gasteiger partial charge in [-0.05, 0) is 0 Å². The molecular formula is C4H12MoN2. The molecule has 0 aliphatic carbocycles. The molecule has 0 saturated carbocycles. The molecule has 0 aliphatic heterocycles. The van der Waals surface area contributed by atoms with Crippen LogP contribution in [0.15, 0.2) is 0 Å². The van der Waals surface area contributed by atoms with Crippen molar-refractivity contribution in [2.24, 2.45) is 0 Å². The smallest absolute Gasteiger partial charge is 0.693 e. The van der Waals surface area contributed by atoms with E-state index in [-0.39, 0.29) is 27.2 Å². The Balaban J connectivity index is -0.0000000800. The van der Waals surface area contributed by atoms with Crippen LogP contribution in [0.25, 0.3) is 11.5 Å². The average Bonchev–Trinajstić information content (AvgIpc) is 1.41. The van der Waals surface area contributed by atoms with Crippen LogP contribution in [-0.4, -0.2) is 13.1 Å². The number of hydrogen-bond acceptors (Lipinski definition) is 0. The van der Waals surface area contributed by atoms with E-state index in [1.807, 2.05) is 13.8 Å². The Labute approximate surface area is 59.9 Å². The van der Waals surface area contributed by atoms with Crippen LogP contribution in [0.1, 0.15) is 13.8 Å². The molecule has 0 heterocycles. The Morgan fingerprint density at radius 2 is 1.43 bits per heavy atom. The van der Waals surface area contributed by atoms with Crippen LogP contribution >= 0.6 is 0 Å². The second-order valence-electron chi connectivity index (χ2n) is 0.856.